The third-order valence-electron chi connectivity index (χ3n) is 4.44. The number of nitrogens with one attached hydrogen (secondary N) is 1. The Morgan fingerprint density at radius 2 is 1.90 bits per heavy atom. The average Bonchev–Trinajstić information content (AvgIpc) is 2.62. The van der Waals surface area contributed by atoms with Gasteiger partial charge in [-0.05, 0) is 40.9 Å². The molecule has 0 radical (unpaired) electrons. The molecule has 0 aliphatic carbocycles. The zero-order valence-corrected chi connectivity index (χ0v) is 14.7. The van der Waals surface area contributed by atoms with E-state index in [0.29, 0.717) is 6.04 Å². The van der Waals surface area contributed by atoms with Crippen LogP contribution in [0.3, 0.4) is 0 Å². The topological polar surface area (TPSA) is 33.1 Å². The first-order chi connectivity index (χ1) is 9.29. The summed E-state index contributed by atoms with van der Waals surface area (Å²) >= 11 is 6.39. The first-order valence-corrected chi connectivity index (χ1v) is 7.77. The number of aromatic nitrogens is 2. The predicted molar refractivity (Wildman–Crippen MR) is 86.5 cm³/mol. The van der Waals surface area contributed by atoms with Crippen molar-refractivity contribution in [3.63, 3.8) is 0 Å². The Morgan fingerprint density at radius 3 is 2.25 bits per heavy atom. The highest BCUT2D eigenvalue weighted by atomic mass is 35.5. The standard InChI is InChI=1S/C15H29ClN4/c1-8-20(9-2)15(4,5)13(17-6)10-12-14(16)11(3)18-19(12)7/h13,17H,8-10H2,1-7H3. The maximum absolute atomic E-state index is 6.39. The van der Waals surface area contributed by atoms with E-state index in [1.807, 2.05) is 25.7 Å². The van der Waals surface area contributed by atoms with E-state index in [1.54, 1.807) is 0 Å². The molecule has 1 aromatic heterocycles. The lowest BCUT2D eigenvalue weighted by molar-refractivity contribution is 0.0936. The van der Waals surface area contributed by atoms with Gasteiger partial charge in [-0.1, -0.05) is 25.4 Å². The maximum atomic E-state index is 6.39. The summed E-state index contributed by atoms with van der Waals surface area (Å²) in [4.78, 5) is 2.48. The van der Waals surface area contributed by atoms with E-state index < -0.39 is 0 Å². The summed E-state index contributed by atoms with van der Waals surface area (Å²) in [7, 11) is 3.98. The second kappa shape index (κ2) is 6.92. The van der Waals surface area contributed by atoms with E-state index >= 15 is 0 Å². The van der Waals surface area contributed by atoms with E-state index in [-0.39, 0.29) is 5.54 Å². The van der Waals surface area contributed by atoms with Crippen molar-refractivity contribution in [2.24, 2.45) is 7.05 Å². The lowest BCUT2D eigenvalue weighted by atomic mass is 9.88. The van der Waals surface area contributed by atoms with Gasteiger partial charge in [0.1, 0.15) is 0 Å². The van der Waals surface area contributed by atoms with Crippen LogP contribution in [0.25, 0.3) is 0 Å². The summed E-state index contributed by atoms with van der Waals surface area (Å²) in [5, 5.41) is 8.67. The van der Waals surface area contributed by atoms with Crippen molar-refractivity contribution in [3.05, 3.63) is 16.4 Å². The zero-order chi connectivity index (χ0) is 15.5. The monoisotopic (exact) mass is 300 g/mol. The number of hydrogen-bond acceptors (Lipinski definition) is 3. The second-order valence-electron chi connectivity index (χ2n) is 5.84. The van der Waals surface area contributed by atoms with Crippen LogP contribution in [-0.4, -0.2) is 46.4 Å². The Bertz CT molecular complexity index is 435. The number of rotatable bonds is 7. The summed E-state index contributed by atoms with van der Waals surface area (Å²) in [5.41, 5.74) is 2.06. The van der Waals surface area contributed by atoms with Crippen LogP contribution in [0.5, 0.6) is 0 Å². The molecule has 0 fully saturated rings. The van der Waals surface area contributed by atoms with Crippen molar-refractivity contribution >= 4 is 11.6 Å². The van der Waals surface area contributed by atoms with Gasteiger partial charge in [0.05, 0.1) is 16.4 Å². The van der Waals surface area contributed by atoms with Crippen LogP contribution in [0.1, 0.15) is 39.1 Å². The molecule has 0 amide bonds. The fourth-order valence-electron chi connectivity index (χ4n) is 3.06. The summed E-state index contributed by atoms with van der Waals surface area (Å²) in [5.74, 6) is 0. The second-order valence-corrected chi connectivity index (χ2v) is 6.22. The maximum Gasteiger partial charge on any atom is 0.0847 e. The van der Waals surface area contributed by atoms with E-state index in [1.165, 1.54) is 0 Å². The summed E-state index contributed by atoms with van der Waals surface area (Å²) in [6.45, 7) is 13.0. The molecule has 0 saturated heterocycles. The Hall–Kier alpha value is -0.580. The minimum Gasteiger partial charge on any atom is -0.315 e. The Morgan fingerprint density at radius 1 is 1.35 bits per heavy atom. The molecule has 5 heteroatoms. The molecule has 20 heavy (non-hydrogen) atoms. The van der Waals surface area contributed by atoms with E-state index in [9.17, 15) is 0 Å². The highest BCUT2D eigenvalue weighted by Gasteiger charge is 2.34. The Labute approximate surface area is 128 Å². The molecule has 1 atom stereocenters. The fraction of sp³-hybridized carbons (Fsp3) is 0.800. The van der Waals surface area contributed by atoms with Crippen molar-refractivity contribution in [1.82, 2.24) is 20.0 Å². The van der Waals surface area contributed by atoms with Gasteiger partial charge in [0.15, 0.2) is 0 Å². The molecule has 1 N–H and O–H groups in total. The van der Waals surface area contributed by atoms with Crippen LogP contribution < -0.4 is 5.32 Å². The SMILES string of the molecule is CCN(CC)C(C)(C)C(Cc1c(Cl)c(C)nn1C)NC. The summed E-state index contributed by atoms with van der Waals surface area (Å²) < 4.78 is 1.90. The van der Waals surface area contributed by atoms with E-state index in [4.69, 9.17) is 11.6 Å². The van der Waals surface area contributed by atoms with E-state index in [0.717, 1.165) is 35.9 Å². The number of likely N-dealkylation sites (N-methyl/N-ethyl adjacent to an activating group) is 2. The molecule has 0 aliphatic rings. The average molecular weight is 301 g/mol. The zero-order valence-electron chi connectivity index (χ0n) is 13.9. The smallest absolute Gasteiger partial charge is 0.0847 e. The molecule has 1 heterocycles. The third-order valence-corrected chi connectivity index (χ3v) is 4.93. The van der Waals surface area contributed by atoms with Gasteiger partial charge >= 0.3 is 0 Å². The Balaban J connectivity index is 3.02. The first-order valence-electron chi connectivity index (χ1n) is 7.39. The molecule has 0 aromatic carbocycles. The van der Waals surface area contributed by atoms with Crippen molar-refractivity contribution in [2.45, 2.75) is 52.6 Å². The van der Waals surface area contributed by atoms with Gasteiger partial charge in [0.25, 0.3) is 0 Å². The molecule has 1 aromatic rings. The van der Waals surface area contributed by atoms with Crippen molar-refractivity contribution in [3.8, 4) is 0 Å². The van der Waals surface area contributed by atoms with Gasteiger partial charge < -0.3 is 5.32 Å². The number of aryl methyl sites for hydroxylation is 2. The molecule has 0 aliphatic heterocycles. The predicted octanol–water partition coefficient (Wildman–Crippen LogP) is 2.63. The van der Waals surface area contributed by atoms with Crippen LogP contribution in [0.2, 0.25) is 5.02 Å². The lowest BCUT2D eigenvalue weighted by Gasteiger charge is -2.43. The highest BCUT2D eigenvalue weighted by Crippen LogP contribution is 2.26. The van der Waals surface area contributed by atoms with Crippen LogP contribution in [-0.2, 0) is 13.5 Å². The van der Waals surface area contributed by atoms with E-state index in [2.05, 4.69) is 43.0 Å². The molecule has 116 valence electrons. The van der Waals surface area contributed by atoms with Gasteiger partial charge in [-0.15, -0.1) is 0 Å². The number of halogens is 1. The molecule has 4 nitrogen and oxygen atoms in total. The van der Waals surface area contributed by atoms with Crippen molar-refractivity contribution < 1.29 is 0 Å². The van der Waals surface area contributed by atoms with Crippen LogP contribution in [0, 0.1) is 6.92 Å². The van der Waals surface area contributed by atoms with Gasteiger partial charge in [0.2, 0.25) is 0 Å². The van der Waals surface area contributed by atoms with Crippen LogP contribution >= 0.6 is 11.6 Å². The third kappa shape index (κ3) is 3.35. The molecular weight excluding hydrogens is 272 g/mol. The minimum absolute atomic E-state index is 0.0553. The molecule has 0 spiro atoms. The number of hydrogen-bond donors (Lipinski definition) is 1. The van der Waals surface area contributed by atoms with Crippen molar-refractivity contribution in [2.75, 3.05) is 20.1 Å². The molecule has 0 bridgehead atoms. The van der Waals surface area contributed by atoms with Gasteiger partial charge in [0, 0.05) is 25.0 Å². The quantitative estimate of drug-likeness (QED) is 0.840. The molecule has 0 saturated carbocycles. The summed E-state index contributed by atoms with van der Waals surface area (Å²) in [6.07, 6.45) is 0.871. The highest BCUT2D eigenvalue weighted by molar-refractivity contribution is 6.31. The largest absolute Gasteiger partial charge is 0.315 e. The number of nitrogens with zero attached hydrogens (tertiary/aromatic N) is 3. The van der Waals surface area contributed by atoms with Crippen LogP contribution in [0.15, 0.2) is 0 Å². The molecule has 1 rings (SSSR count). The summed E-state index contributed by atoms with van der Waals surface area (Å²) in [6, 6.07) is 0.315. The molecule has 1 unspecified atom stereocenters. The fourth-order valence-corrected chi connectivity index (χ4v) is 3.30. The van der Waals surface area contributed by atoms with Gasteiger partial charge in [-0.25, -0.2) is 0 Å². The molecular formula is C15H29ClN4. The normalized spacial score (nSPS) is 14.1. The van der Waals surface area contributed by atoms with Crippen LogP contribution in [0.4, 0.5) is 0 Å². The Kier molecular flexibility index (Phi) is 6.05. The van der Waals surface area contributed by atoms with Gasteiger partial charge in [-0.2, -0.15) is 5.10 Å². The van der Waals surface area contributed by atoms with Crippen molar-refractivity contribution in [1.29, 1.82) is 0 Å². The van der Waals surface area contributed by atoms with Gasteiger partial charge in [-0.3, -0.25) is 9.58 Å². The lowest BCUT2D eigenvalue weighted by Crippen LogP contribution is -2.58. The minimum atomic E-state index is 0.0553. The first kappa shape index (κ1) is 17.5.